The minimum absolute atomic E-state index is 0.127. The summed E-state index contributed by atoms with van der Waals surface area (Å²) in [6, 6.07) is 82.2. The number of fused-ring (bicyclic) bond motifs is 9. The molecular weight excluding hydrogens is 829 g/mol. The first-order chi connectivity index (χ1) is 33.4. The van der Waals surface area contributed by atoms with Gasteiger partial charge in [-0.3, -0.25) is 0 Å². The van der Waals surface area contributed by atoms with Crippen molar-refractivity contribution in [3.8, 4) is 100 Å². The maximum atomic E-state index is 2.48. The summed E-state index contributed by atoms with van der Waals surface area (Å²) in [6.45, 7) is 14.4. The minimum Gasteiger partial charge on any atom is -0.0622 e. The van der Waals surface area contributed by atoms with Crippen molar-refractivity contribution in [1.82, 2.24) is 0 Å². The normalized spacial score (nSPS) is 14.9. The van der Waals surface area contributed by atoms with E-state index in [1.807, 2.05) is 0 Å². The molecule has 13 rings (SSSR count). The number of hydrogen-bond donors (Lipinski definition) is 0. The monoisotopic (exact) mass is 882 g/mol. The highest BCUT2D eigenvalue weighted by atomic mass is 14.4. The molecule has 0 amide bonds. The van der Waals surface area contributed by atoms with Crippen LogP contribution in [-0.4, -0.2) is 0 Å². The average Bonchev–Trinajstić information content (AvgIpc) is 3.87. The fourth-order valence-electron chi connectivity index (χ4n) is 12.3. The lowest BCUT2D eigenvalue weighted by Crippen LogP contribution is -2.16. The van der Waals surface area contributed by atoms with Crippen LogP contribution in [0.15, 0.2) is 218 Å². The summed E-state index contributed by atoms with van der Waals surface area (Å²) < 4.78 is 0. The Balaban J connectivity index is 0.770. The lowest BCUT2D eigenvalue weighted by atomic mass is 9.79. The zero-order chi connectivity index (χ0) is 46.8. The second-order valence-electron chi connectivity index (χ2n) is 21.3. The molecule has 0 N–H and O–H groups in total. The molecule has 0 fully saturated rings. The number of benzene rings is 10. The van der Waals surface area contributed by atoms with E-state index >= 15 is 0 Å². The summed E-state index contributed by atoms with van der Waals surface area (Å²) in [4.78, 5) is 0. The fraction of sp³-hybridized carbons (Fsp3) is 0.130. The van der Waals surface area contributed by atoms with Crippen molar-refractivity contribution in [2.45, 2.75) is 57.8 Å². The van der Waals surface area contributed by atoms with Gasteiger partial charge in [-0.1, -0.05) is 224 Å². The molecule has 69 heavy (non-hydrogen) atoms. The maximum Gasteiger partial charge on any atom is 0.0159 e. The summed E-state index contributed by atoms with van der Waals surface area (Å²) in [5.74, 6) is 0. The molecule has 0 heteroatoms. The predicted molar refractivity (Wildman–Crippen MR) is 292 cm³/mol. The van der Waals surface area contributed by atoms with E-state index in [2.05, 4.69) is 260 Å². The number of rotatable bonds is 6. The van der Waals surface area contributed by atoms with Gasteiger partial charge in [0.25, 0.3) is 0 Å². The summed E-state index contributed by atoms with van der Waals surface area (Å²) in [5.41, 5.74) is 31.1. The molecule has 0 nitrogen and oxygen atoms in total. The van der Waals surface area contributed by atoms with Gasteiger partial charge in [-0.25, -0.2) is 0 Å². The highest BCUT2D eigenvalue weighted by Crippen LogP contribution is 2.55. The van der Waals surface area contributed by atoms with E-state index in [0.717, 1.165) is 0 Å². The Morgan fingerprint density at radius 1 is 0.174 bits per heavy atom. The van der Waals surface area contributed by atoms with E-state index in [4.69, 9.17) is 0 Å². The van der Waals surface area contributed by atoms with Gasteiger partial charge in [0.2, 0.25) is 0 Å². The Bertz CT molecular complexity index is 3450. The van der Waals surface area contributed by atoms with Gasteiger partial charge >= 0.3 is 0 Å². The lowest BCUT2D eigenvalue weighted by Gasteiger charge is -2.24. The molecule has 0 aromatic heterocycles. The van der Waals surface area contributed by atoms with Crippen LogP contribution < -0.4 is 0 Å². The highest BCUT2D eigenvalue weighted by molar-refractivity contribution is 5.90. The van der Waals surface area contributed by atoms with Crippen molar-refractivity contribution in [3.05, 3.63) is 252 Å². The molecule has 0 saturated heterocycles. The van der Waals surface area contributed by atoms with Crippen molar-refractivity contribution >= 4 is 0 Å². The van der Waals surface area contributed by atoms with Crippen molar-refractivity contribution in [3.63, 3.8) is 0 Å². The van der Waals surface area contributed by atoms with Crippen molar-refractivity contribution in [2.24, 2.45) is 0 Å². The van der Waals surface area contributed by atoms with Gasteiger partial charge in [-0.15, -0.1) is 0 Å². The minimum atomic E-state index is -0.152. The van der Waals surface area contributed by atoms with Gasteiger partial charge in [-0.2, -0.15) is 0 Å². The van der Waals surface area contributed by atoms with Gasteiger partial charge in [0, 0.05) is 16.2 Å². The van der Waals surface area contributed by atoms with E-state index in [9.17, 15) is 0 Å². The van der Waals surface area contributed by atoms with Crippen LogP contribution >= 0.6 is 0 Å². The second-order valence-corrected chi connectivity index (χ2v) is 21.3. The largest absolute Gasteiger partial charge is 0.0622 e. The van der Waals surface area contributed by atoms with E-state index in [-0.39, 0.29) is 16.2 Å². The summed E-state index contributed by atoms with van der Waals surface area (Å²) in [6.07, 6.45) is 0. The van der Waals surface area contributed by atoms with Gasteiger partial charge in [-0.05, 0) is 170 Å². The first-order valence-corrected chi connectivity index (χ1v) is 24.6. The zero-order valence-corrected chi connectivity index (χ0v) is 40.3. The summed E-state index contributed by atoms with van der Waals surface area (Å²) in [7, 11) is 0. The van der Waals surface area contributed by atoms with Crippen molar-refractivity contribution < 1.29 is 0 Å². The molecule has 10 aromatic rings. The third-order valence-corrected chi connectivity index (χ3v) is 16.3. The topological polar surface area (TPSA) is 0 Å². The third kappa shape index (κ3) is 6.42. The standard InChI is InChI=1S/C69H54/c1-67(2)61-37-49(47-21-17-45(18-22-47)43-13-9-7-10-14-43)25-31-55(61)57-33-27-51(39-63(57)67)53-29-35-59-60-36-30-54(42-66(60)69(5,6)65(59)41-53)52-28-34-58-56-32-26-50(38-62(56)68(3,4)64(58)40-52)48-23-19-46(20-24-48)44-15-11-8-12-16-44/h7-42H,1-6H3. The van der Waals surface area contributed by atoms with Crippen LogP contribution in [0.25, 0.3) is 100 Å². The van der Waals surface area contributed by atoms with Crippen molar-refractivity contribution in [1.29, 1.82) is 0 Å². The van der Waals surface area contributed by atoms with Crippen molar-refractivity contribution in [2.75, 3.05) is 0 Å². The maximum absolute atomic E-state index is 2.48. The van der Waals surface area contributed by atoms with Crippen LogP contribution in [0.4, 0.5) is 0 Å². The Labute approximate surface area is 407 Å². The van der Waals surface area contributed by atoms with Gasteiger partial charge in [0.05, 0.1) is 0 Å². The zero-order valence-electron chi connectivity index (χ0n) is 40.3. The molecule has 10 aromatic carbocycles. The average molecular weight is 883 g/mol. The molecule has 330 valence electrons. The molecule has 0 radical (unpaired) electrons. The Morgan fingerprint density at radius 2 is 0.333 bits per heavy atom. The Kier molecular flexibility index (Phi) is 9.06. The van der Waals surface area contributed by atoms with E-state index in [1.54, 1.807) is 0 Å². The molecule has 0 saturated carbocycles. The molecule has 0 atom stereocenters. The SMILES string of the molecule is CC1(C)c2cc(-c3ccc(-c4ccccc4)cc3)ccc2-c2ccc(-c3ccc4c(c3)C(C)(C)c3cc(-c5ccc6c(c5)C(C)(C)c5cc(-c7ccc(-c8ccccc8)cc7)ccc5-6)ccc3-4)cc21. The summed E-state index contributed by atoms with van der Waals surface area (Å²) in [5, 5.41) is 0. The summed E-state index contributed by atoms with van der Waals surface area (Å²) >= 11 is 0. The van der Waals surface area contributed by atoms with E-state index in [1.165, 1.54) is 134 Å². The number of hydrogen-bond acceptors (Lipinski definition) is 0. The Morgan fingerprint density at radius 3 is 0.551 bits per heavy atom. The first kappa shape index (κ1) is 41.4. The highest BCUT2D eigenvalue weighted by Gasteiger charge is 2.39. The third-order valence-electron chi connectivity index (χ3n) is 16.3. The van der Waals surface area contributed by atoms with Crippen LogP contribution in [-0.2, 0) is 16.2 Å². The predicted octanol–water partition coefficient (Wildman–Crippen LogP) is 18.6. The van der Waals surface area contributed by atoms with Gasteiger partial charge in [0.1, 0.15) is 0 Å². The smallest absolute Gasteiger partial charge is 0.0159 e. The molecular formula is C69H54. The molecule has 0 aliphatic heterocycles. The van der Waals surface area contributed by atoms with Crippen LogP contribution in [0.3, 0.4) is 0 Å². The quantitative estimate of drug-likeness (QED) is 0.156. The molecule has 0 heterocycles. The first-order valence-electron chi connectivity index (χ1n) is 24.6. The van der Waals surface area contributed by atoms with Crippen LogP contribution in [0.5, 0.6) is 0 Å². The Hall–Kier alpha value is -7.80. The molecule has 0 unspecified atom stereocenters. The van der Waals surface area contributed by atoms with Gasteiger partial charge in [0.15, 0.2) is 0 Å². The van der Waals surface area contributed by atoms with Crippen LogP contribution in [0, 0.1) is 0 Å². The van der Waals surface area contributed by atoms with E-state index < -0.39 is 0 Å². The molecule has 3 aliphatic carbocycles. The molecule has 3 aliphatic rings. The van der Waals surface area contributed by atoms with Crippen LogP contribution in [0.1, 0.15) is 74.9 Å². The van der Waals surface area contributed by atoms with E-state index in [0.29, 0.717) is 0 Å². The lowest BCUT2D eigenvalue weighted by molar-refractivity contribution is 0.659. The molecule has 0 spiro atoms. The van der Waals surface area contributed by atoms with Crippen LogP contribution in [0.2, 0.25) is 0 Å². The van der Waals surface area contributed by atoms with Gasteiger partial charge < -0.3 is 0 Å². The second kappa shape index (κ2) is 15.1. The molecule has 0 bridgehead atoms. The fourth-order valence-corrected chi connectivity index (χ4v) is 12.3.